The second kappa shape index (κ2) is 2.93. The summed E-state index contributed by atoms with van der Waals surface area (Å²) in [5.74, 6) is 6.25. The molecule has 1 aromatic heterocycles. The molecular formula is C8H12N2S. The van der Waals surface area contributed by atoms with Gasteiger partial charge in [0.2, 0.25) is 0 Å². The number of hydrazine groups is 1. The lowest BCUT2D eigenvalue weighted by Gasteiger charge is -2.11. The van der Waals surface area contributed by atoms with E-state index in [0.29, 0.717) is 6.04 Å². The Hall–Kier alpha value is -0.380. The van der Waals surface area contributed by atoms with E-state index in [1.807, 2.05) is 0 Å². The van der Waals surface area contributed by atoms with Gasteiger partial charge in [-0.3, -0.25) is 11.3 Å². The first-order chi connectivity index (χ1) is 5.42. The second-order valence-electron chi connectivity index (χ2n) is 3.00. The molecule has 3 N–H and O–H groups in total. The van der Waals surface area contributed by atoms with E-state index in [1.165, 1.54) is 17.7 Å². The standard InChI is InChI=1S/C8H12N2S/c9-10-8(6-3-4-6)7-2-1-5-11-7/h1-2,5-6,8,10H,3-4,9H2. The highest BCUT2D eigenvalue weighted by Gasteiger charge is 2.31. The van der Waals surface area contributed by atoms with Gasteiger partial charge in [-0.05, 0) is 30.2 Å². The van der Waals surface area contributed by atoms with Gasteiger partial charge in [0.1, 0.15) is 0 Å². The fraction of sp³-hybridized carbons (Fsp3) is 0.500. The third-order valence-electron chi connectivity index (χ3n) is 2.12. The molecule has 1 unspecified atom stereocenters. The molecule has 1 fully saturated rings. The number of nitrogens with two attached hydrogens (primary N) is 1. The van der Waals surface area contributed by atoms with Crippen molar-refractivity contribution in [1.29, 1.82) is 0 Å². The van der Waals surface area contributed by atoms with Crippen LogP contribution in [0.3, 0.4) is 0 Å². The molecule has 1 heterocycles. The zero-order valence-electron chi connectivity index (χ0n) is 6.29. The normalized spacial score (nSPS) is 20.1. The highest BCUT2D eigenvalue weighted by molar-refractivity contribution is 7.10. The molecule has 60 valence electrons. The van der Waals surface area contributed by atoms with E-state index >= 15 is 0 Å². The first-order valence-electron chi connectivity index (χ1n) is 3.91. The highest BCUT2D eigenvalue weighted by Crippen LogP contribution is 2.41. The van der Waals surface area contributed by atoms with Crippen molar-refractivity contribution in [3.63, 3.8) is 0 Å². The van der Waals surface area contributed by atoms with Crippen molar-refractivity contribution in [2.45, 2.75) is 18.9 Å². The summed E-state index contributed by atoms with van der Waals surface area (Å²) in [7, 11) is 0. The van der Waals surface area contributed by atoms with Gasteiger partial charge >= 0.3 is 0 Å². The van der Waals surface area contributed by atoms with E-state index in [0.717, 1.165) is 5.92 Å². The van der Waals surface area contributed by atoms with Gasteiger partial charge < -0.3 is 0 Å². The summed E-state index contributed by atoms with van der Waals surface area (Å²) in [5, 5.41) is 2.10. The second-order valence-corrected chi connectivity index (χ2v) is 3.98. The molecule has 2 rings (SSSR count). The molecule has 3 heteroatoms. The van der Waals surface area contributed by atoms with Gasteiger partial charge in [-0.2, -0.15) is 0 Å². The molecular weight excluding hydrogens is 156 g/mol. The topological polar surface area (TPSA) is 38.0 Å². The Morgan fingerprint density at radius 2 is 2.45 bits per heavy atom. The first kappa shape index (κ1) is 7.28. The average Bonchev–Trinajstić information content (AvgIpc) is 2.68. The lowest BCUT2D eigenvalue weighted by atomic mass is 10.1. The number of nitrogens with one attached hydrogen (secondary N) is 1. The van der Waals surface area contributed by atoms with Gasteiger partial charge in [0, 0.05) is 4.88 Å². The predicted octanol–water partition coefficient (Wildman–Crippen LogP) is 1.66. The van der Waals surface area contributed by atoms with Crippen LogP contribution >= 0.6 is 11.3 Å². The van der Waals surface area contributed by atoms with Crippen LogP contribution < -0.4 is 11.3 Å². The van der Waals surface area contributed by atoms with E-state index < -0.39 is 0 Å². The minimum absolute atomic E-state index is 0.412. The molecule has 0 saturated heterocycles. The van der Waals surface area contributed by atoms with E-state index in [2.05, 4.69) is 22.9 Å². The molecule has 0 aliphatic heterocycles. The van der Waals surface area contributed by atoms with Crippen molar-refractivity contribution < 1.29 is 0 Å². The quantitative estimate of drug-likeness (QED) is 0.532. The van der Waals surface area contributed by atoms with E-state index in [-0.39, 0.29) is 0 Å². The predicted molar refractivity (Wildman–Crippen MR) is 47.1 cm³/mol. The van der Waals surface area contributed by atoms with Gasteiger partial charge in [0.25, 0.3) is 0 Å². The van der Waals surface area contributed by atoms with Crippen molar-refractivity contribution in [2.24, 2.45) is 11.8 Å². The first-order valence-corrected chi connectivity index (χ1v) is 4.79. The highest BCUT2D eigenvalue weighted by atomic mass is 32.1. The maximum Gasteiger partial charge on any atom is 0.0581 e. The van der Waals surface area contributed by atoms with Crippen LogP contribution in [0.2, 0.25) is 0 Å². The lowest BCUT2D eigenvalue weighted by Crippen LogP contribution is -2.28. The maximum absolute atomic E-state index is 5.46. The number of rotatable bonds is 3. The number of hydrogen-bond donors (Lipinski definition) is 2. The molecule has 1 aliphatic carbocycles. The van der Waals surface area contributed by atoms with Gasteiger partial charge in [0.15, 0.2) is 0 Å². The molecule has 2 nitrogen and oxygen atoms in total. The third kappa shape index (κ3) is 1.45. The summed E-state index contributed by atoms with van der Waals surface area (Å²) in [4.78, 5) is 1.37. The molecule has 0 aromatic carbocycles. The minimum atomic E-state index is 0.412. The minimum Gasteiger partial charge on any atom is -0.271 e. The molecule has 1 aromatic rings. The van der Waals surface area contributed by atoms with Crippen LogP contribution in [0, 0.1) is 5.92 Å². The summed E-state index contributed by atoms with van der Waals surface area (Å²) in [5.41, 5.74) is 2.88. The van der Waals surface area contributed by atoms with Crippen molar-refractivity contribution in [3.05, 3.63) is 22.4 Å². The Morgan fingerprint density at radius 3 is 2.91 bits per heavy atom. The van der Waals surface area contributed by atoms with Crippen LogP contribution in [0.4, 0.5) is 0 Å². The maximum atomic E-state index is 5.46. The Labute approximate surface area is 70.4 Å². The van der Waals surface area contributed by atoms with Gasteiger partial charge in [-0.15, -0.1) is 11.3 Å². The summed E-state index contributed by atoms with van der Waals surface area (Å²) >= 11 is 1.78. The molecule has 0 radical (unpaired) electrons. The van der Waals surface area contributed by atoms with Gasteiger partial charge in [0.05, 0.1) is 6.04 Å². The van der Waals surface area contributed by atoms with Crippen molar-refractivity contribution >= 4 is 11.3 Å². The van der Waals surface area contributed by atoms with E-state index in [1.54, 1.807) is 11.3 Å². The van der Waals surface area contributed by atoms with Crippen molar-refractivity contribution in [1.82, 2.24) is 5.43 Å². The zero-order chi connectivity index (χ0) is 7.68. The third-order valence-corrected chi connectivity index (χ3v) is 3.08. The molecule has 0 spiro atoms. The Balaban J connectivity index is 2.11. The average molecular weight is 168 g/mol. The summed E-state index contributed by atoms with van der Waals surface area (Å²) < 4.78 is 0. The van der Waals surface area contributed by atoms with E-state index in [4.69, 9.17) is 5.84 Å². The molecule has 1 atom stereocenters. The SMILES string of the molecule is NNC(c1cccs1)C1CC1. The van der Waals surface area contributed by atoms with Crippen LogP contribution in [-0.4, -0.2) is 0 Å². The Kier molecular flexibility index (Phi) is 1.94. The molecule has 0 bridgehead atoms. The zero-order valence-corrected chi connectivity index (χ0v) is 7.10. The number of thiophene rings is 1. The smallest absolute Gasteiger partial charge is 0.0581 e. The fourth-order valence-electron chi connectivity index (χ4n) is 1.35. The molecule has 0 amide bonds. The van der Waals surface area contributed by atoms with Crippen LogP contribution in [0.15, 0.2) is 17.5 Å². The largest absolute Gasteiger partial charge is 0.271 e. The lowest BCUT2D eigenvalue weighted by molar-refractivity contribution is 0.504. The number of hydrogen-bond acceptors (Lipinski definition) is 3. The van der Waals surface area contributed by atoms with Crippen LogP contribution in [-0.2, 0) is 0 Å². The van der Waals surface area contributed by atoms with Gasteiger partial charge in [-0.1, -0.05) is 6.07 Å². The Bertz CT molecular complexity index is 216. The van der Waals surface area contributed by atoms with Crippen molar-refractivity contribution in [3.8, 4) is 0 Å². The summed E-state index contributed by atoms with van der Waals surface area (Å²) in [6.45, 7) is 0. The van der Waals surface area contributed by atoms with Crippen LogP contribution in [0.25, 0.3) is 0 Å². The molecule has 11 heavy (non-hydrogen) atoms. The summed E-state index contributed by atoms with van der Waals surface area (Å²) in [6.07, 6.45) is 2.65. The van der Waals surface area contributed by atoms with Crippen molar-refractivity contribution in [2.75, 3.05) is 0 Å². The fourth-order valence-corrected chi connectivity index (χ4v) is 2.23. The van der Waals surface area contributed by atoms with Gasteiger partial charge in [-0.25, -0.2) is 0 Å². The molecule has 1 aliphatic rings. The Morgan fingerprint density at radius 1 is 1.64 bits per heavy atom. The van der Waals surface area contributed by atoms with Crippen LogP contribution in [0.1, 0.15) is 23.8 Å². The summed E-state index contributed by atoms with van der Waals surface area (Å²) in [6, 6.07) is 4.63. The van der Waals surface area contributed by atoms with E-state index in [9.17, 15) is 0 Å². The molecule has 1 saturated carbocycles. The monoisotopic (exact) mass is 168 g/mol. The van der Waals surface area contributed by atoms with Crippen LogP contribution in [0.5, 0.6) is 0 Å².